The first-order chi connectivity index (χ1) is 9.56. The van der Waals surface area contributed by atoms with E-state index >= 15 is 0 Å². The van der Waals surface area contributed by atoms with Crippen molar-refractivity contribution in [2.75, 3.05) is 13.1 Å². The Hall–Kier alpha value is -1.95. The van der Waals surface area contributed by atoms with Crippen LogP contribution in [0, 0.1) is 16.0 Å². The smallest absolute Gasteiger partial charge is 0.282 e. The van der Waals surface area contributed by atoms with Crippen molar-refractivity contribution in [1.29, 1.82) is 0 Å². The van der Waals surface area contributed by atoms with E-state index in [0.717, 1.165) is 12.8 Å². The highest BCUT2D eigenvalue weighted by atomic mass is 16.6. The Morgan fingerprint density at radius 2 is 2.20 bits per heavy atom. The van der Waals surface area contributed by atoms with Crippen LogP contribution < -0.4 is 5.73 Å². The van der Waals surface area contributed by atoms with Gasteiger partial charge in [0.05, 0.1) is 4.92 Å². The molecule has 6 nitrogen and oxygen atoms in total. The van der Waals surface area contributed by atoms with Crippen LogP contribution in [0.25, 0.3) is 0 Å². The number of nitro benzene ring substituents is 1. The molecule has 108 valence electrons. The molecule has 0 bridgehead atoms. The maximum absolute atomic E-state index is 12.6. The van der Waals surface area contributed by atoms with Gasteiger partial charge in [-0.1, -0.05) is 19.1 Å². The summed E-state index contributed by atoms with van der Waals surface area (Å²) in [5.41, 5.74) is 5.77. The molecule has 1 amide bonds. The van der Waals surface area contributed by atoms with Crippen molar-refractivity contribution in [2.45, 2.75) is 25.8 Å². The second-order valence-corrected chi connectivity index (χ2v) is 5.20. The van der Waals surface area contributed by atoms with Gasteiger partial charge in [-0.15, -0.1) is 0 Å². The summed E-state index contributed by atoms with van der Waals surface area (Å²) < 4.78 is 0. The lowest BCUT2D eigenvalue weighted by atomic mass is 9.90. The van der Waals surface area contributed by atoms with Crippen LogP contribution in [0.5, 0.6) is 0 Å². The molecule has 1 heterocycles. The first kappa shape index (κ1) is 14.5. The van der Waals surface area contributed by atoms with Gasteiger partial charge in [-0.05, 0) is 24.8 Å². The molecule has 1 aromatic rings. The molecule has 2 unspecified atom stereocenters. The number of amides is 1. The summed E-state index contributed by atoms with van der Waals surface area (Å²) in [4.78, 5) is 24.8. The van der Waals surface area contributed by atoms with Crippen LogP contribution in [0.15, 0.2) is 24.3 Å². The van der Waals surface area contributed by atoms with E-state index in [1.165, 1.54) is 12.1 Å². The van der Waals surface area contributed by atoms with Crippen LogP contribution in [0.3, 0.4) is 0 Å². The summed E-state index contributed by atoms with van der Waals surface area (Å²) in [6.45, 7) is 3.06. The van der Waals surface area contributed by atoms with Crippen molar-refractivity contribution in [2.24, 2.45) is 11.7 Å². The number of para-hydroxylation sites is 1. The van der Waals surface area contributed by atoms with E-state index in [-0.39, 0.29) is 23.2 Å². The third kappa shape index (κ3) is 2.65. The van der Waals surface area contributed by atoms with Gasteiger partial charge in [0, 0.05) is 25.2 Å². The van der Waals surface area contributed by atoms with E-state index in [4.69, 9.17) is 5.73 Å². The zero-order chi connectivity index (χ0) is 14.7. The van der Waals surface area contributed by atoms with Crippen molar-refractivity contribution < 1.29 is 9.72 Å². The average Bonchev–Trinajstić information content (AvgIpc) is 2.46. The van der Waals surface area contributed by atoms with E-state index in [2.05, 4.69) is 6.92 Å². The quantitative estimate of drug-likeness (QED) is 0.673. The first-order valence-electron chi connectivity index (χ1n) is 6.80. The summed E-state index contributed by atoms with van der Waals surface area (Å²) in [5, 5.41) is 11.0. The van der Waals surface area contributed by atoms with Crippen LogP contribution in [-0.4, -0.2) is 34.9 Å². The second kappa shape index (κ2) is 6.00. The fourth-order valence-electron chi connectivity index (χ4n) is 2.83. The lowest BCUT2D eigenvalue weighted by molar-refractivity contribution is -0.385. The number of rotatable bonds is 3. The predicted octanol–water partition coefficient (Wildman–Crippen LogP) is 1.79. The number of likely N-dealkylation sites (tertiary alicyclic amines) is 1. The Morgan fingerprint density at radius 3 is 2.85 bits per heavy atom. The number of hydrogen-bond donors (Lipinski definition) is 1. The van der Waals surface area contributed by atoms with Crippen LogP contribution in [0.2, 0.25) is 0 Å². The van der Waals surface area contributed by atoms with Crippen LogP contribution in [0.4, 0.5) is 5.69 Å². The highest BCUT2D eigenvalue weighted by Crippen LogP contribution is 2.27. The molecule has 1 aromatic carbocycles. The van der Waals surface area contributed by atoms with Crippen LogP contribution >= 0.6 is 0 Å². The zero-order valence-corrected chi connectivity index (χ0v) is 11.5. The van der Waals surface area contributed by atoms with Crippen molar-refractivity contribution >= 4 is 11.6 Å². The lowest BCUT2D eigenvalue weighted by Gasteiger charge is -2.39. The summed E-state index contributed by atoms with van der Waals surface area (Å²) in [5.74, 6) is 0.0276. The molecule has 0 spiro atoms. The van der Waals surface area contributed by atoms with Gasteiger partial charge >= 0.3 is 0 Å². The van der Waals surface area contributed by atoms with Crippen LogP contribution in [-0.2, 0) is 0 Å². The summed E-state index contributed by atoms with van der Waals surface area (Å²) in [6, 6.07) is 6.03. The molecule has 1 fully saturated rings. The van der Waals surface area contributed by atoms with Crippen molar-refractivity contribution in [1.82, 2.24) is 4.90 Å². The van der Waals surface area contributed by atoms with Crippen LogP contribution in [0.1, 0.15) is 30.1 Å². The number of hydrogen-bond acceptors (Lipinski definition) is 4. The number of benzene rings is 1. The highest BCUT2D eigenvalue weighted by molar-refractivity contribution is 5.98. The fourth-order valence-corrected chi connectivity index (χ4v) is 2.83. The number of nitrogens with two attached hydrogens (primary N) is 1. The molecule has 2 rings (SSSR count). The summed E-state index contributed by atoms with van der Waals surface area (Å²) in [7, 11) is 0. The molecule has 20 heavy (non-hydrogen) atoms. The Morgan fingerprint density at radius 1 is 1.50 bits per heavy atom. The fraction of sp³-hybridized carbons (Fsp3) is 0.500. The van der Waals surface area contributed by atoms with E-state index in [1.54, 1.807) is 17.0 Å². The topological polar surface area (TPSA) is 89.5 Å². The molecular weight excluding hydrogens is 258 g/mol. The Balaban J connectivity index is 2.33. The van der Waals surface area contributed by atoms with Gasteiger partial charge < -0.3 is 10.6 Å². The highest BCUT2D eigenvalue weighted by Gasteiger charge is 2.33. The normalized spacial score (nSPS) is 22.6. The summed E-state index contributed by atoms with van der Waals surface area (Å²) in [6.07, 6.45) is 1.94. The average molecular weight is 277 g/mol. The minimum absolute atomic E-state index is 0.0453. The Labute approximate surface area is 117 Å². The molecule has 0 aromatic heterocycles. The summed E-state index contributed by atoms with van der Waals surface area (Å²) >= 11 is 0. The molecule has 1 aliphatic rings. The number of carbonyl (C=O) groups is 1. The van der Waals surface area contributed by atoms with E-state index in [9.17, 15) is 14.9 Å². The molecule has 6 heteroatoms. The van der Waals surface area contributed by atoms with Crippen molar-refractivity contribution in [3.63, 3.8) is 0 Å². The first-order valence-corrected chi connectivity index (χ1v) is 6.80. The van der Waals surface area contributed by atoms with Gasteiger partial charge in [-0.2, -0.15) is 0 Å². The van der Waals surface area contributed by atoms with Gasteiger partial charge in [-0.25, -0.2) is 0 Å². The Bertz CT molecular complexity index is 518. The number of nitrogens with zero attached hydrogens (tertiary/aromatic N) is 2. The number of piperidine rings is 1. The van der Waals surface area contributed by atoms with Gasteiger partial charge in [-0.3, -0.25) is 14.9 Å². The minimum atomic E-state index is -0.516. The van der Waals surface area contributed by atoms with Crippen molar-refractivity contribution in [3.8, 4) is 0 Å². The third-order valence-corrected chi connectivity index (χ3v) is 3.95. The molecule has 1 aliphatic heterocycles. The Kier molecular flexibility index (Phi) is 4.34. The SMILES string of the molecule is CC1CCCN(C(=O)c2ccccc2[N+](=O)[O-])C1CN. The molecule has 0 radical (unpaired) electrons. The molecule has 1 saturated heterocycles. The van der Waals surface area contributed by atoms with Gasteiger partial charge in [0.1, 0.15) is 5.56 Å². The lowest BCUT2D eigenvalue weighted by Crippen LogP contribution is -2.51. The van der Waals surface area contributed by atoms with E-state index < -0.39 is 4.92 Å². The van der Waals surface area contributed by atoms with Gasteiger partial charge in [0.15, 0.2) is 0 Å². The van der Waals surface area contributed by atoms with E-state index in [0.29, 0.717) is 19.0 Å². The number of carbonyl (C=O) groups excluding carboxylic acids is 1. The third-order valence-electron chi connectivity index (χ3n) is 3.95. The molecule has 0 saturated carbocycles. The zero-order valence-electron chi connectivity index (χ0n) is 11.5. The second-order valence-electron chi connectivity index (χ2n) is 5.20. The molecule has 0 aliphatic carbocycles. The van der Waals surface area contributed by atoms with Gasteiger partial charge in [0.25, 0.3) is 11.6 Å². The van der Waals surface area contributed by atoms with Gasteiger partial charge in [0.2, 0.25) is 0 Å². The standard InChI is InChI=1S/C14H19N3O3/c1-10-5-4-8-16(13(10)9-15)14(18)11-6-2-3-7-12(11)17(19)20/h2-3,6-7,10,13H,4-5,8-9,15H2,1H3. The molecule has 2 atom stereocenters. The maximum atomic E-state index is 12.6. The predicted molar refractivity (Wildman–Crippen MR) is 75.4 cm³/mol. The van der Waals surface area contributed by atoms with Crippen molar-refractivity contribution in [3.05, 3.63) is 39.9 Å². The van der Waals surface area contributed by atoms with E-state index in [1.807, 2.05) is 0 Å². The maximum Gasteiger partial charge on any atom is 0.282 e. The number of nitro groups is 1. The molecular formula is C14H19N3O3. The largest absolute Gasteiger partial charge is 0.334 e. The minimum Gasteiger partial charge on any atom is -0.334 e. The monoisotopic (exact) mass is 277 g/mol. The molecule has 2 N–H and O–H groups in total.